The Morgan fingerprint density at radius 3 is 2.26 bits per heavy atom. The van der Waals surface area contributed by atoms with E-state index in [-0.39, 0.29) is 5.97 Å². The van der Waals surface area contributed by atoms with Crippen molar-refractivity contribution in [2.45, 2.75) is 26.4 Å². The second kappa shape index (κ2) is 7.49. The topological polar surface area (TPSA) is 38.8 Å². The molecule has 2 aliphatic heterocycles. The van der Waals surface area contributed by atoms with Crippen LogP contribution >= 0.6 is 0 Å². The number of aryl methyl sites for hydroxylation is 2. The van der Waals surface area contributed by atoms with E-state index in [1.54, 1.807) is 0 Å². The Balaban J connectivity index is 1.56. The van der Waals surface area contributed by atoms with Crippen LogP contribution in [0.15, 0.2) is 84.9 Å². The molecule has 0 fully saturated rings. The van der Waals surface area contributed by atoms with Gasteiger partial charge in [-0.25, -0.2) is 4.79 Å². The Bertz CT molecular complexity index is 1440. The summed E-state index contributed by atoms with van der Waals surface area (Å²) < 4.78 is 12.7. The Morgan fingerprint density at radius 2 is 1.47 bits per heavy atom. The molecule has 0 saturated carbocycles. The lowest BCUT2D eigenvalue weighted by molar-refractivity contribution is 0.0224. The highest BCUT2D eigenvalue weighted by Gasteiger charge is 2.53. The first-order valence-corrected chi connectivity index (χ1v) is 11.6. The summed E-state index contributed by atoms with van der Waals surface area (Å²) in [6.45, 7) is 7.07. The van der Waals surface area contributed by atoms with Crippen molar-refractivity contribution in [1.82, 2.24) is 0 Å². The molecule has 4 aromatic rings. The molecule has 168 valence electrons. The maximum atomic E-state index is 13.0. The average Bonchev–Trinajstić information content (AvgIpc) is 3.14. The van der Waals surface area contributed by atoms with Crippen LogP contribution < -0.4 is 9.64 Å². The van der Waals surface area contributed by atoms with Crippen LogP contribution in [0.3, 0.4) is 0 Å². The van der Waals surface area contributed by atoms with Crippen molar-refractivity contribution < 1.29 is 14.3 Å². The number of nitrogens with zero attached hydrogens (tertiary/aromatic N) is 1. The van der Waals surface area contributed by atoms with Crippen molar-refractivity contribution in [3.8, 4) is 11.5 Å². The number of benzene rings is 4. The van der Waals surface area contributed by atoms with Gasteiger partial charge in [0.1, 0.15) is 11.5 Å². The summed E-state index contributed by atoms with van der Waals surface area (Å²) in [5.41, 5.74) is 6.58. The number of anilines is 2. The number of hydrogen-bond donors (Lipinski definition) is 0. The summed E-state index contributed by atoms with van der Waals surface area (Å²) in [5, 5.41) is 0. The third kappa shape index (κ3) is 2.88. The van der Waals surface area contributed by atoms with E-state index in [2.05, 4.69) is 61.2 Å². The van der Waals surface area contributed by atoms with E-state index < -0.39 is 5.60 Å². The third-order valence-corrected chi connectivity index (χ3v) is 6.82. The number of carbonyl (C=O) groups excluding carboxylic acids is 1. The molecule has 1 atom stereocenters. The van der Waals surface area contributed by atoms with Gasteiger partial charge in [-0.15, -0.1) is 0 Å². The summed E-state index contributed by atoms with van der Waals surface area (Å²) in [7, 11) is 0. The number of fused-ring (bicyclic) bond motifs is 6. The van der Waals surface area contributed by atoms with E-state index in [1.165, 1.54) is 5.56 Å². The van der Waals surface area contributed by atoms with Gasteiger partial charge in [0.15, 0.2) is 5.60 Å². The van der Waals surface area contributed by atoms with Gasteiger partial charge in [0, 0.05) is 40.7 Å². The second-order valence-electron chi connectivity index (χ2n) is 8.98. The van der Waals surface area contributed by atoms with Gasteiger partial charge in [-0.3, -0.25) is 0 Å². The van der Waals surface area contributed by atoms with Crippen LogP contribution in [0.1, 0.15) is 45.1 Å². The molecule has 34 heavy (non-hydrogen) atoms. The van der Waals surface area contributed by atoms with Gasteiger partial charge in [-0.1, -0.05) is 47.5 Å². The van der Waals surface area contributed by atoms with Gasteiger partial charge < -0.3 is 14.4 Å². The van der Waals surface area contributed by atoms with Crippen LogP contribution in [0.2, 0.25) is 0 Å². The molecule has 2 heterocycles. The highest BCUT2D eigenvalue weighted by Crippen LogP contribution is 2.56. The van der Waals surface area contributed by atoms with Gasteiger partial charge >= 0.3 is 5.97 Å². The monoisotopic (exact) mass is 447 g/mol. The Labute approximate surface area is 199 Å². The molecular formula is C30H25NO3. The lowest BCUT2D eigenvalue weighted by Gasteiger charge is -2.37. The van der Waals surface area contributed by atoms with Gasteiger partial charge in [0.25, 0.3) is 0 Å². The predicted octanol–water partition coefficient (Wildman–Crippen LogP) is 7.03. The van der Waals surface area contributed by atoms with Gasteiger partial charge in [-0.2, -0.15) is 0 Å². The molecule has 0 bridgehead atoms. The number of esters is 1. The highest BCUT2D eigenvalue weighted by atomic mass is 16.6. The maximum Gasteiger partial charge on any atom is 0.340 e. The molecule has 1 spiro atoms. The normalized spacial score (nSPS) is 17.4. The molecule has 4 aromatic carbocycles. The second-order valence-corrected chi connectivity index (χ2v) is 8.98. The van der Waals surface area contributed by atoms with E-state index in [4.69, 9.17) is 9.47 Å². The SMILES string of the molecule is CCN(c1ccc(C)cc1)c1ccc2c(c1)Oc1ccc(C)cc1[C@]21OC(=O)c2ccccc21. The van der Waals surface area contributed by atoms with Crippen molar-refractivity contribution in [3.63, 3.8) is 0 Å². The first-order valence-electron chi connectivity index (χ1n) is 11.6. The smallest absolute Gasteiger partial charge is 0.340 e. The fourth-order valence-corrected chi connectivity index (χ4v) is 5.18. The summed E-state index contributed by atoms with van der Waals surface area (Å²) >= 11 is 0. The van der Waals surface area contributed by atoms with Gasteiger partial charge in [0.2, 0.25) is 0 Å². The van der Waals surface area contributed by atoms with Crippen molar-refractivity contribution in [3.05, 3.63) is 118 Å². The molecule has 0 aliphatic carbocycles. The number of rotatable bonds is 3. The Morgan fingerprint density at radius 1 is 0.735 bits per heavy atom. The molecule has 6 rings (SSSR count). The summed E-state index contributed by atoms with van der Waals surface area (Å²) in [6.07, 6.45) is 0. The minimum Gasteiger partial charge on any atom is -0.456 e. The zero-order chi connectivity index (χ0) is 23.4. The first-order chi connectivity index (χ1) is 16.5. The largest absolute Gasteiger partial charge is 0.456 e. The van der Waals surface area contributed by atoms with Gasteiger partial charge in [-0.05, 0) is 63.2 Å². The quantitative estimate of drug-likeness (QED) is 0.316. The molecule has 0 N–H and O–H groups in total. The fourth-order valence-electron chi connectivity index (χ4n) is 5.18. The third-order valence-electron chi connectivity index (χ3n) is 6.82. The molecule has 0 aromatic heterocycles. The Kier molecular flexibility index (Phi) is 4.53. The fraction of sp³-hybridized carbons (Fsp3) is 0.167. The minimum absolute atomic E-state index is 0.310. The zero-order valence-corrected chi connectivity index (χ0v) is 19.5. The zero-order valence-electron chi connectivity index (χ0n) is 19.5. The number of ether oxygens (including phenoxy) is 2. The van der Waals surface area contributed by atoms with Gasteiger partial charge in [0.05, 0.1) is 5.56 Å². The molecular weight excluding hydrogens is 422 g/mol. The van der Waals surface area contributed by atoms with E-state index in [1.807, 2.05) is 49.4 Å². The molecule has 4 heteroatoms. The van der Waals surface area contributed by atoms with Crippen LogP contribution in [-0.2, 0) is 10.3 Å². The average molecular weight is 448 g/mol. The van der Waals surface area contributed by atoms with E-state index >= 15 is 0 Å². The maximum absolute atomic E-state index is 13.0. The van der Waals surface area contributed by atoms with Crippen LogP contribution in [0, 0.1) is 13.8 Å². The molecule has 0 saturated heterocycles. The highest BCUT2D eigenvalue weighted by molar-refractivity contribution is 5.97. The van der Waals surface area contributed by atoms with Crippen LogP contribution in [0.5, 0.6) is 11.5 Å². The standard InChI is InChI=1S/C30H25NO3/c1-4-31(21-12-9-19(2)10-13-21)22-14-15-25-28(18-22)33-27-16-11-20(3)17-26(27)30(25)24-8-6-5-7-23(24)29(32)34-30/h5-18H,4H2,1-3H3/t30-/m1/s1. The molecule has 4 nitrogen and oxygen atoms in total. The summed E-state index contributed by atoms with van der Waals surface area (Å²) in [5.74, 6) is 1.09. The lowest BCUT2D eigenvalue weighted by Crippen LogP contribution is -2.33. The molecule has 0 unspecified atom stereocenters. The molecule has 0 radical (unpaired) electrons. The lowest BCUT2D eigenvalue weighted by atomic mass is 9.77. The first kappa shape index (κ1) is 20.5. The molecule has 2 aliphatic rings. The van der Waals surface area contributed by atoms with Crippen LogP contribution in [0.25, 0.3) is 0 Å². The summed E-state index contributed by atoms with van der Waals surface area (Å²) in [4.78, 5) is 15.3. The van der Waals surface area contributed by atoms with Crippen molar-refractivity contribution in [1.29, 1.82) is 0 Å². The molecule has 0 amide bonds. The van der Waals surface area contributed by atoms with Crippen molar-refractivity contribution in [2.75, 3.05) is 11.4 Å². The number of carbonyl (C=O) groups is 1. The van der Waals surface area contributed by atoms with E-state index in [9.17, 15) is 4.79 Å². The Hall–Kier alpha value is -4.05. The summed E-state index contributed by atoms with van der Waals surface area (Å²) in [6, 6.07) is 28.4. The minimum atomic E-state index is -1.03. The number of hydrogen-bond acceptors (Lipinski definition) is 4. The van der Waals surface area contributed by atoms with E-state index in [0.29, 0.717) is 17.1 Å². The van der Waals surface area contributed by atoms with Crippen molar-refractivity contribution >= 4 is 17.3 Å². The van der Waals surface area contributed by atoms with Crippen LogP contribution in [0.4, 0.5) is 11.4 Å². The van der Waals surface area contributed by atoms with E-state index in [0.717, 1.165) is 40.2 Å². The van der Waals surface area contributed by atoms with Crippen molar-refractivity contribution in [2.24, 2.45) is 0 Å². The van der Waals surface area contributed by atoms with Crippen LogP contribution in [-0.4, -0.2) is 12.5 Å². The predicted molar refractivity (Wildman–Crippen MR) is 133 cm³/mol.